The topological polar surface area (TPSA) is 55.9 Å². The zero-order chi connectivity index (χ0) is 21.6. The van der Waals surface area contributed by atoms with Crippen molar-refractivity contribution in [1.82, 2.24) is 9.88 Å². The van der Waals surface area contributed by atoms with Gasteiger partial charge in [0.25, 0.3) is 0 Å². The van der Waals surface area contributed by atoms with Crippen LogP contribution in [0.25, 0.3) is 10.2 Å². The van der Waals surface area contributed by atoms with Gasteiger partial charge in [-0.3, -0.25) is 4.90 Å². The molecule has 3 aromatic rings. The van der Waals surface area contributed by atoms with E-state index in [1.54, 1.807) is 37.7 Å². The van der Waals surface area contributed by atoms with Gasteiger partial charge in [-0.2, -0.15) is 0 Å². The lowest BCUT2D eigenvalue weighted by atomic mass is 9.97. The molecule has 0 aliphatic carbocycles. The molecule has 2 aromatic carbocycles. The summed E-state index contributed by atoms with van der Waals surface area (Å²) >= 11 is 1.61. The Morgan fingerprint density at radius 2 is 1.79 bits per heavy atom. The lowest BCUT2D eigenvalue weighted by Gasteiger charge is -2.31. The van der Waals surface area contributed by atoms with Crippen molar-refractivity contribution in [2.24, 2.45) is 5.92 Å². The first-order valence-electron chi connectivity index (χ1n) is 10.5. The first-order valence-corrected chi connectivity index (χ1v) is 11.3. The van der Waals surface area contributed by atoms with Crippen LogP contribution in [0.4, 0.5) is 9.52 Å². The van der Waals surface area contributed by atoms with E-state index in [0.29, 0.717) is 18.3 Å². The van der Waals surface area contributed by atoms with E-state index in [4.69, 9.17) is 19.2 Å². The van der Waals surface area contributed by atoms with Crippen molar-refractivity contribution in [3.8, 4) is 17.2 Å². The minimum Gasteiger partial charge on any atom is -0.497 e. The van der Waals surface area contributed by atoms with Gasteiger partial charge in [0, 0.05) is 25.2 Å². The molecule has 33 heavy (non-hydrogen) atoms. The van der Waals surface area contributed by atoms with Gasteiger partial charge in [0.2, 0.25) is 0 Å². The molecule has 6 nitrogen and oxygen atoms in total. The maximum atomic E-state index is 12.9. The Hall–Kier alpha value is -1.62. The van der Waals surface area contributed by atoms with Gasteiger partial charge < -0.3 is 19.5 Å². The van der Waals surface area contributed by atoms with E-state index in [2.05, 4.69) is 10.2 Å². The van der Waals surface area contributed by atoms with Crippen LogP contribution in [0.3, 0.4) is 0 Å². The normalized spacial score (nSPS) is 14.3. The molecule has 1 fully saturated rings. The molecule has 10 heteroatoms. The predicted molar refractivity (Wildman–Crippen MR) is 143 cm³/mol. The fourth-order valence-electron chi connectivity index (χ4n) is 3.79. The van der Waals surface area contributed by atoms with Gasteiger partial charge in [0.1, 0.15) is 29.7 Å². The molecule has 182 valence electrons. The average molecular weight is 607 g/mol. The van der Waals surface area contributed by atoms with E-state index in [1.807, 2.05) is 12.1 Å². The van der Waals surface area contributed by atoms with Crippen LogP contribution in [-0.4, -0.2) is 56.9 Å². The summed E-state index contributed by atoms with van der Waals surface area (Å²) in [5.74, 6) is 2.63. The number of ether oxygens (including phenoxy) is 3. The number of fused-ring (bicyclic) bond motifs is 1. The Morgan fingerprint density at radius 3 is 2.45 bits per heavy atom. The van der Waals surface area contributed by atoms with Crippen LogP contribution in [0, 0.1) is 11.7 Å². The van der Waals surface area contributed by atoms with Crippen molar-refractivity contribution in [3.05, 3.63) is 42.2 Å². The second-order valence-corrected chi connectivity index (χ2v) is 8.66. The molecule has 0 unspecified atom stereocenters. The number of likely N-dealkylation sites (tertiary alicyclic amines) is 1. The third-order valence-electron chi connectivity index (χ3n) is 5.62. The fraction of sp³-hybridized carbons (Fsp3) is 0.435. The molecular weight excluding hydrogens is 577 g/mol. The molecule has 1 aliphatic rings. The van der Waals surface area contributed by atoms with Crippen molar-refractivity contribution >= 4 is 60.6 Å². The Balaban J connectivity index is 0.00000193. The van der Waals surface area contributed by atoms with Crippen molar-refractivity contribution in [1.29, 1.82) is 0 Å². The number of halogens is 3. The molecule has 0 amide bonds. The number of anilines is 1. The van der Waals surface area contributed by atoms with Crippen LogP contribution >= 0.6 is 45.3 Å². The molecule has 1 N–H and O–H groups in total. The average Bonchev–Trinajstić information content (AvgIpc) is 3.22. The maximum Gasteiger partial charge on any atom is 0.183 e. The number of hydrogen-bond acceptors (Lipinski definition) is 7. The van der Waals surface area contributed by atoms with E-state index in [-0.39, 0.29) is 39.8 Å². The fourth-order valence-corrected chi connectivity index (χ4v) is 4.74. The number of hydrogen-bond donors (Lipinski definition) is 1. The van der Waals surface area contributed by atoms with Gasteiger partial charge in [-0.05, 0) is 56.1 Å². The molecule has 1 aromatic heterocycles. The summed E-state index contributed by atoms with van der Waals surface area (Å²) in [5, 5.41) is 4.43. The largest absolute Gasteiger partial charge is 0.497 e. The summed E-state index contributed by atoms with van der Waals surface area (Å²) in [6.45, 7) is 4.54. The van der Waals surface area contributed by atoms with Gasteiger partial charge in [0.15, 0.2) is 5.13 Å². The molecule has 2 heterocycles. The summed E-state index contributed by atoms with van der Waals surface area (Å²) in [4.78, 5) is 7.13. The summed E-state index contributed by atoms with van der Waals surface area (Å²) < 4.78 is 30.5. The summed E-state index contributed by atoms with van der Waals surface area (Å²) in [5.41, 5.74) is 0.889. The smallest absolute Gasteiger partial charge is 0.183 e. The number of benzene rings is 2. The Labute approximate surface area is 219 Å². The monoisotopic (exact) mass is 605 g/mol. The minimum absolute atomic E-state index is 0. The SMILES string of the molecule is Br.Br.COc1cc(OC)c2sc(NCC3CCN(CCOc4ccc(F)cc4)CC3)nc2c1. The van der Waals surface area contributed by atoms with Crippen LogP contribution in [0.2, 0.25) is 0 Å². The van der Waals surface area contributed by atoms with Crippen molar-refractivity contribution in [3.63, 3.8) is 0 Å². The van der Waals surface area contributed by atoms with E-state index in [9.17, 15) is 4.39 Å². The zero-order valence-corrected chi connectivity index (χ0v) is 23.0. The number of thiazole rings is 1. The number of methoxy groups -OCH3 is 2. The predicted octanol–water partition coefficient (Wildman–Crippen LogP) is 5.81. The molecule has 0 bridgehead atoms. The van der Waals surface area contributed by atoms with E-state index < -0.39 is 0 Å². The Kier molecular flexibility index (Phi) is 11.1. The highest BCUT2D eigenvalue weighted by atomic mass is 79.9. The van der Waals surface area contributed by atoms with Crippen LogP contribution in [0.5, 0.6) is 17.2 Å². The third kappa shape index (κ3) is 7.43. The Bertz CT molecular complexity index is 999. The van der Waals surface area contributed by atoms with Gasteiger partial charge in [0.05, 0.1) is 24.4 Å². The van der Waals surface area contributed by atoms with Gasteiger partial charge >= 0.3 is 0 Å². The third-order valence-corrected chi connectivity index (χ3v) is 6.67. The number of aromatic nitrogens is 1. The van der Waals surface area contributed by atoms with E-state index in [0.717, 1.165) is 65.9 Å². The molecule has 0 radical (unpaired) electrons. The standard InChI is InChI=1S/C23H28FN3O3S.2BrH/c1-28-19-13-20-22(21(14-19)29-2)31-23(26-20)25-15-16-7-9-27(10-8-16)11-12-30-18-5-3-17(24)4-6-18;;/h3-6,13-14,16H,7-12,15H2,1-2H3,(H,25,26);2*1H. The van der Waals surface area contributed by atoms with E-state index >= 15 is 0 Å². The summed E-state index contributed by atoms with van der Waals surface area (Å²) in [7, 11) is 3.31. The number of rotatable bonds is 9. The molecular formula is C23H30Br2FN3O3S. The van der Waals surface area contributed by atoms with Crippen LogP contribution in [0.15, 0.2) is 36.4 Å². The van der Waals surface area contributed by atoms with Crippen molar-refractivity contribution in [2.45, 2.75) is 12.8 Å². The molecule has 0 saturated carbocycles. The second-order valence-electron chi connectivity index (χ2n) is 7.67. The highest BCUT2D eigenvalue weighted by Gasteiger charge is 2.20. The molecule has 1 saturated heterocycles. The highest BCUT2D eigenvalue weighted by Crippen LogP contribution is 2.37. The first-order chi connectivity index (χ1) is 15.1. The summed E-state index contributed by atoms with van der Waals surface area (Å²) in [6, 6.07) is 10.0. The number of nitrogens with one attached hydrogen (secondary N) is 1. The molecule has 0 spiro atoms. The van der Waals surface area contributed by atoms with Gasteiger partial charge in [-0.1, -0.05) is 11.3 Å². The van der Waals surface area contributed by atoms with Crippen LogP contribution in [-0.2, 0) is 0 Å². The van der Waals surface area contributed by atoms with Crippen LogP contribution < -0.4 is 19.5 Å². The first kappa shape index (κ1) is 27.6. The number of piperidine rings is 1. The van der Waals surface area contributed by atoms with Gasteiger partial charge in [-0.25, -0.2) is 9.37 Å². The lowest BCUT2D eigenvalue weighted by molar-refractivity contribution is 0.158. The van der Waals surface area contributed by atoms with Crippen molar-refractivity contribution < 1.29 is 18.6 Å². The summed E-state index contributed by atoms with van der Waals surface area (Å²) in [6.07, 6.45) is 2.29. The minimum atomic E-state index is -0.243. The quantitative estimate of drug-likeness (QED) is 0.332. The molecule has 1 aliphatic heterocycles. The highest BCUT2D eigenvalue weighted by molar-refractivity contribution is 8.93. The van der Waals surface area contributed by atoms with Gasteiger partial charge in [-0.15, -0.1) is 34.0 Å². The molecule has 4 rings (SSSR count). The zero-order valence-electron chi connectivity index (χ0n) is 18.7. The lowest BCUT2D eigenvalue weighted by Crippen LogP contribution is -2.38. The van der Waals surface area contributed by atoms with Crippen molar-refractivity contribution in [2.75, 3.05) is 52.3 Å². The number of nitrogens with zero attached hydrogens (tertiary/aromatic N) is 2. The second kappa shape index (κ2) is 13.3. The maximum absolute atomic E-state index is 12.9. The van der Waals surface area contributed by atoms with E-state index in [1.165, 1.54) is 12.1 Å². The Morgan fingerprint density at radius 1 is 1.06 bits per heavy atom. The van der Waals surface area contributed by atoms with Crippen LogP contribution in [0.1, 0.15) is 12.8 Å². The molecule has 0 atom stereocenters.